The van der Waals surface area contributed by atoms with Crippen LogP contribution < -0.4 is 5.73 Å². The van der Waals surface area contributed by atoms with Crippen LogP contribution in [0, 0.1) is 0 Å². The van der Waals surface area contributed by atoms with E-state index in [4.69, 9.17) is 15.2 Å². The van der Waals surface area contributed by atoms with E-state index in [1.807, 2.05) is 6.07 Å². The van der Waals surface area contributed by atoms with Gasteiger partial charge in [0.2, 0.25) is 0 Å². The largest absolute Gasteiger partial charge is 0.388 e. The monoisotopic (exact) mass is 418 g/mol. The Labute approximate surface area is 175 Å². The number of nitrogens with zero attached hydrogens (tertiary/aromatic N) is 5. The second kappa shape index (κ2) is 8.37. The van der Waals surface area contributed by atoms with Gasteiger partial charge in [0, 0.05) is 25.7 Å². The fourth-order valence-corrected chi connectivity index (χ4v) is 4.92. The highest BCUT2D eigenvalue weighted by molar-refractivity contribution is 5.65. The molecule has 0 saturated carbocycles. The molecule has 10 nitrogen and oxygen atoms in total. The van der Waals surface area contributed by atoms with Crippen LogP contribution in [0.1, 0.15) is 24.6 Å². The summed E-state index contributed by atoms with van der Waals surface area (Å²) in [5.74, 6) is 0.360. The van der Waals surface area contributed by atoms with Crippen LogP contribution in [0.25, 0.3) is 5.52 Å². The molecular weight excluding hydrogens is 388 g/mol. The van der Waals surface area contributed by atoms with Crippen molar-refractivity contribution in [2.45, 2.75) is 43.3 Å². The number of hydrogen-bond donors (Lipinski definition) is 3. The number of aliphatic hydroxyl groups excluding tert-OH is 2. The minimum absolute atomic E-state index is 0.269. The Kier molecular flexibility index (Phi) is 5.61. The number of aromatic nitrogens is 3. The molecule has 2 aromatic rings. The molecule has 0 unspecified atom stereocenters. The summed E-state index contributed by atoms with van der Waals surface area (Å²) in [5.41, 5.74) is 7.23. The summed E-state index contributed by atoms with van der Waals surface area (Å²) in [6.45, 7) is 5.95. The van der Waals surface area contributed by atoms with Gasteiger partial charge >= 0.3 is 0 Å². The predicted octanol–water partition coefficient (Wildman–Crippen LogP) is -0.730. The molecule has 0 spiro atoms. The van der Waals surface area contributed by atoms with Crippen LogP contribution >= 0.6 is 0 Å². The number of likely N-dealkylation sites (tertiary alicyclic amines) is 1. The number of aliphatic hydroxyl groups is 2. The first-order valence-corrected chi connectivity index (χ1v) is 10.8. The van der Waals surface area contributed by atoms with Gasteiger partial charge in [-0.3, -0.25) is 4.90 Å². The van der Waals surface area contributed by atoms with E-state index in [2.05, 4.69) is 19.9 Å². The molecule has 5 heterocycles. The molecule has 10 heteroatoms. The minimum Gasteiger partial charge on any atom is -0.388 e. The van der Waals surface area contributed by atoms with Crippen molar-refractivity contribution in [1.29, 1.82) is 0 Å². The van der Waals surface area contributed by atoms with Gasteiger partial charge < -0.3 is 30.3 Å². The lowest BCUT2D eigenvalue weighted by atomic mass is 10.0. The fourth-order valence-electron chi connectivity index (χ4n) is 4.92. The SMILES string of the molecule is Nc1ncnn2c([C@@H]3O[C@H](CN4CCOC[C@H]4CN4CCCC4)[C@@H](O)[C@H]3O)ccc12. The smallest absolute Gasteiger partial charge is 0.151 e. The van der Waals surface area contributed by atoms with Gasteiger partial charge in [0.1, 0.15) is 30.2 Å². The van der Waals surface area contributed by atoms with Crippen molar-refractivity contribution in [2.75, 3.05) is 51.7 Å². The summed E-state index contributed by atoms with van der Waals surface area (Å²) >= 11 is 0. The standard InChI is InChI=1S/C20H30N6O4/c21-20-15-4-3-14(26(15)23-12-22-20)19-18(28)17(27)16(30-19)10-25-7-8-29-11-13(25)9-24-5-1-2-6-24/h3-4,12-13,16-19,27-28H,1-2,5-11H2,(H2,21,22,23)/t13-,16-,17-,18-,19+/m1/s1. The summed E-state index contributed by atoms with van der Waals surface area (Å²) in [5, 5.41) is 25.7. The highest BCUT2D eigenvalue weighted by Gasteiger charge is 2.46. The number of rotatable bonds is 5. The predicted molar refractivity (Wildman–Crippen MR) is 109 cm³/mol. The first-order valence-electron chi connectivity index (χ1n) is 10.8. The number of anilines is 1. The highest BCUT2D eigenvalue weighted by atomic mass is 16.5. The molecule has 3 aliphatic heterocycles. The van der Waals surface area contributed by atoms with Gasteiger partial charge in [0.15, 0.2) is 5.82 Å². The second-order valence-corrected chi connectivity index (χ2v) is 8.51. The van der Waals surface area contributed by atoms with Crippen LogP contribution in [0.3, 0.4) is 0 Å². The van der Waals surface area contributed by atoms with E-state index < -0.39 is 24.4 Å². The molecule has 164 valence electrons. The Bertz CT molecular complexity index is 872. The van der Waals surface area contributed by atoms with Gasteiger partial charge in [0.25, 0.3) is 0 Å². The number of nitrogen functional groups attached to an aromatic ring is 1. The molecule has 0 aromatic carbocycles. The fraction of sp³-hybridized carbons (Fsp3) is 0.700. The maximum absolute atomic E-state index is 10.7. The molecule has 0 aliphatic carbocycles. The van der Waals surface area contributed by atoms with Gasteiger partial charge in [-0.15, -0.1) is 0 Å². The van der Waals surface area contributed by atoms with Gasteiger partial charge in [-0.2, -0.15) is 5.10 Å². The lowest BCUT2D eigenvalue weighted by Gasteiger charge is -2.39. The van der Waals surface area contributed by atoms with Crippen molar-refractivity contribution in [3.05, 3.63) is 24.2 Å². The Balaban J connectivity index is 1.30. The molecule has 3 aliphatic rings. The summed E-state index contributed by atoms with van der Waals surface area (Å²) < 4.78 is 13.5. The summed E-state index contributed by atoms with van der Waals surface area (Å²) in [6.07, 6.45) is 0.694. The lowest BCUT2D eigenvalue weighted by molar-refractivity contribution is -0.0628. The first-order chi connectivity index (χ1) is 14.6. The van der Waals surface area contributed by atoms with E-state index in [9.17, 15) is 10.2 Å². The molecule has 3 fully saturated rings. The third kappa shape index (κ3) is 3.68. The summed E-state index contributed by atoms with van der Waals surface area (Å²) in [7, 11) is 0. The highest BCUT2D eigenvalue weighted by Crippen LogP contribution is 2.35. The molecule has 0 amide bonds. The molecular formula is C20H30N6O4. The lowest BCUT2D eigenvalue weighted by Crippen LogP contribution is -2.54. The van der Waals surface area contributed by atoms with Crippen molar-refractivity contribution >= 4 is 11.3 Å². The molecule has 0 radical (unpaired) electrons. The van der Waals surface area contributed by atoms with Gasteiger partial charge in [-0.25, -0.2) is 9.50 Å². The van der Waals surface area contributed by atoms with Crippen LogP contribution in [-0.2, 0) is 9.47 Å². The van der Waals surface area contributed by atoms with E-state index >= 15 is 0 Å². The van der Waals surface area contributed by atoms with Crippen LogP contribution in [-0.4, -0.2) is 105 Å². The van der Waals surface area contributed by atoms with Crippen LogP contribution in [0.15, 0.2) is 18.5 Å². The second-order valence-electron chi connectivity index (χ2n) is 8.51. The first kappa shape index (κ1) is 20.1. The molecule has 30 heavy (non-hydrogen) atoms. The average Bonchev–Trinajstić information content (AvgIpc) is 3.47. The minimum atomic E-state index is -1.04. The maximum Gasteiger partial charge on any atom is 0.151 e. The zero-order valence-electron chi connectivity index (χ0n) is 17.0. The maximum atomic E-state index is 10.7. The third-order valence-corrected chi connectivity index (χ3v) is 6.60. The average molecular weight is 418 g/mol. The van der Waals surface area contributed by atoms with Crippen molar-refractivity contribution in [1.82, 2.24) is 24.4 Å². The van der Waals surface area contributed by atoms with Crippen LogP contribution in [0.5, 0.6) is 0 Å². The van der Waals surface area contributed by atoms with E-state index in [0.29, 0.717) is 36.8 Å². The van der Waals surface area contributed by atoms with Gasteiger partial charge in [0.05, 0.1) is 25.0 Å². The van der Waals surface area contributed by atoms with E-state index in [1.165, 1.54) is 19.2 Å². The van der Waals surface area contributed by atoms with Gasteiger partial charge in [-0.05, 0) is 38.1 Å². The molecule has 5 atom stereocenters. The Morgan fingerprint density at radius 2 is 1.93 bits per heavy atom. The van der Waals surface area contributed by atoms with Crippen molar-refractivity contribution in [3.8, 4) is 0 Å². The van der Waals surface area contributed by atoms with Crippen LogP contribution in [0.4, 0.5) is 5.82 Å². The third-order valence-electron chi connectivity index (χ3n) is 6.60. The number of fused-ring (bicyclic) bond motifs is 1. The van der Waals surface area contributed by atoms with Crippen molar-refractivity contribution in [3.63, 3.8) is 0 Å². The van der Waals surface area contributed by atoms with Gasteiger partial charge in [-0.1, -0.05) is 0 Å². The zero-order chi connectivity index (χ0) is 20.7. The molecule has 4 N–H and O–H groups in total. The summed E-state index contributed by atoms with van der Waals surface area (Å²) in [4.78, 5) is 8.81. The van der Waals surface area contributed by atoms with E-state index in [-0.39, 0.29) is 6.04 Å². The Morgan fingerprint density at radius 1 is 1.10 bits per heavy atom. The quantitative estimate of drug-likeness (QED) is 0.577. The molecule has 5 rings (SSSR count). The Morgan fingerprint density at radius 3 is 2.77 bits per heavy atom. The van der Waals surface area contributed by atoms with Crippen LogP contribution in [0.2, 0.25) is 0 Å². The van der Waals surface area contributed by atoms with E-state index in [1.54, 1.807) is 10.6 Å². The molecule has 2 aromatic heterocycles. The Hall–Kier alpha value is -1.82. The normalized spacial score (nSPS) is 33.6. The summed E-state index contributed by atoms with van der Waals surface area (Å²) in [6, 6.07) is 3.88. The van der Waals surface area contributed by atoms with Crippen molar-refractivity contribution < 1.29 is 19.7 Å². The number of ether oxygens (including phenoxy) is 2. The van der Waals surface area contributed by atoms with E-state index in [0.717, 1.165) is 26.2 Å². The zero-order valence-corrected chi connectivity index (χ0v) is 17.0. The number of morpholine rings is 1. The number of hydrogen-bond acceptors (Lipinski definition) is 9. The topological polar surface area (TPSA) is 122 Å². The van der Waals surface area contributed by atoms with Crippen molar-refractivity contribution in [2.24, 2.45) is 0 Å². The molecule has 0 bridgehead atoms. The molecule has 3 saturated heterocycles. The number of nitrogens with two attached hydrogens (primary N) is 1.